The third-order valence-electron chi connectivity index (χ3n) is 5.61. The smallest absolute Gasteiger partial charge is 0.246 e. The molecule has 3 heterocycles. The summed E-state index contributed by atoms with van der Waals surface area (Å²) in [4.78, 5) is 22.4. The van der Waals surface area contributed by atoms with Crippen molar-refractivity contribution in [2.24, 2.45) is 0 Å². The molecular formula is C25H29FN4O2. The first-order valence-corrected chi connectivity index (χ1v) is 10.3. The van der Waals surface area contributed by atoms with Crippen LogP contribution in [0.4, 0.5) is 15.8 Å². The van der Waals surface area contributed by atoms with Gasteiger partial charge < -0.3 is 15.0 Å². The van der Waals surface area contributed by atoms with Gasteiger partial charge in [-0.2, -0.15) is 4.39 Å². The molecule has 1 N–H and O–H groups in total. The average molecular weight is 437 g/mol. The first kappa shape index (κ1) is 23.2. The summed E-state index contributed by atoms with van der Waals surface area (Å²) in [7, 11) is 1.94. The van der Waals surface area contributed by atoms with Crippen molar-refractivity contribution >= 4 is 17.3 Å². The average Bonchev–Trinajstić information content (AvgIpc) is 2.77. The molecular weight excluding hydrogens is 407 g/mol. The van der Waals surface area contributed by atoms with Gasteiger partial charge in [-0.05, 0) is 62.6 Å². The van der Waals surface area contributed by atoms with Gasteiger partial charge in [0.25, 0.3) is 0 Å². The van der Waals surface area contributed by atoms with E-state index in [0.29, 0.717) is 6.61 Å². The van der Waals surface area contributed by atoms with E-state index in [2.05, 4.69) is 21.4 Å². The van der Waals surface area contributed by atoms with Crippen LogP contribution >= 0.6 is 0 Å². The molecule has 2 aromatic heterocycles. The Kier molecular flexibility index (Phi) is 7.08. The number of ether oxygens (including phenoxy) is 1. The third kappa shape index (κ3) is 5.04. The van der Waals surface area contributed by atoms with E-state index >= 15 is 0 Å². The molecule has 1 aromatic carbocycles. The number of aryl methyl sites for hydroxylation is 3. The molecule has 168 valence electrons. The molecule has 0 unspecified atom stereocenters. The summed E-state index contributed by atoms with van der Waals surface area (Å²) in [5.41, 5.74) is 5.63. The van der Waals surface area contributed by atoms with Crippen LogP contribution in [0, 0.1) is 12.9 Å². The predicted molar refractivity (Wildman–Crippen MR) is 125 cm³/mol. The van der Waals surface area contributed by atoms with Crippen LogP contribution in [0.15, 0.2) is 48.7 Å². The molecule has 0 saturated heterocycles. The molecule has 4 rings (SSSR count). The van der Waals surface area contributed by atoms with Gasteiger partial charge in [0.05, 0.1) is 17.1 Å². The van der Waals surface area contributed by atoms with Crippen LogP contribution in [-0.4, -0.2) is 29.0 Å². The predicted octanol–water partition coefficient (Wildman–Crippen LogP) is 4.70. The van der Waals surface area contributed by atoms with Crippen molar-refractivity contribution in [3.8, 4) is 5.75 Å². The van der Waals surface area contributed by atoms with Gasteiger partial charge in [-0.15, -0.1) is 0 Å². The number of hydrogen-bond donors (Lipinski definition) is 1. The van der Waals surface area contributed by atoms with Crippen molar-refractivity contribution in [2.75, 3.05) is 17.3 Å². The summed E-state index contributed by atoms with van der Waals surface area (Å²) in [5, 5.41) is 2.96. The standard InChI is InChI=1S/C24H25FN4O2.CH4/c1-15-23-21(29(3)16(2)24(30)28-23)12-19(27-15)8-4-17-5-9-20(10-6-17)31-14-18-7-11-22(25)26-13-18;/h5-7,9-13,16H,4,8,14H2,1-3H3,(H,28,30);1H4/t16-;/m0./s1. The SMILES string of the molecule is C.Cc1nc(CCc2ccc(OCc3ccc(F)nc3)cc2)cc2c1NC(=O)[C@H](C)N2C. The van der Waals surface area contributed by atoms with Gasteiger partial charge in [0.2, 0.25) is 11.9 Å². The second kappa shape index (κ2) is 9.77. The van der Waals surface area contributed by atoms with Crippen LogP contribution in [0.2, 0.25) is 0 Å². The maximum Gasteiger partial charge on any atom is 0.246 e. The number of hydrogen-bond acceptors (Lipinski definition) is 5. The molecule has 0 aliphatic carbocycles. The molecule has 3 aromatic rings. The van der Waals surface area contributed by atoms with Crippen LogP contribution in [0.1, 0.15) is 36.9 Å². The van der Waals surface area contributed by atoms with Crippen molar-refractivity contribution < 1.29 is 13.9 Å². The first-order valence-electron chi connectivity index (χ1n) is 10.3. The number of pyridine rings is 2. The third-order valence-corrected chi connectivity index (χ3v) is 5.61. The zero-order valence-electron chi connectivity index (χ0n) is 17.9. The monoisotopic (exact) mass is 436 g/mol. The van der Waals surface area contributed by atoms with Crippen molar-refractivity contribution in [3.63, 3.8) is 0 Å². The number of amides is 1. The minimum atomic E-state index is -0.498. The highest BCUT2D eigenvalue weighted by molar-refractivity contribution is 6.03. The van der Waals surface area contributed by atoms with E-state index in [-0.39, 0.29) is 19.4 Å². The van der Waals surface area contributed by atoms with Crippen LogP contribution in [0.25, 0.3) is 0 Å². The molecule has 1 atom stereocenters. The number of halogens is 1. The van der Waals surface area contributed by atoms with Crippen molar-refractivity contribution in [1.82, 2.24) is 9.97 Å². The lowest BCUT2D eigenvalue weighted by Crippen LogP contribution is -2.44. The molecule has 0 radical (unpaired) electrons. The van der Waals surface area contributed by atoms with Crippen LogP contribution in [-0.2, 0) is 24.2 Å². The zero-order valence-corrected chi connectivity index (χ0v) is 17.9. The molecule has 7 heteroatoms. The lowest BCUT2D eigenvalue weighted by atomic mass is 10.0. The number of rotatable bonds is 6. The highest BCUT2D eigenvalue weighted by Crippen LogP contribution is 2.33. The summed E-state index contributed by atoms with van der Waals surface area (Å²) in [5.74, 6) is 0.246. The van der Waals surface area contributed by atoms with Gasteiger partial charge >= 0.3 is 0 Å². The van der Waals surface area contributed by atoms with E-state index in [1.165, 1.54) is 17.8 Å². The Morgan fingerprint density at radius 1 is 1.12 bits per heavy atom. The zero-order chi connectivity index (χ0) is 22.0. The van der Waals surface area contributed by atoms with Crippen molar-refractivity contribution in [1.29, 1.82) is 0 Å². The van der Waals surface area contributed by atoms with Gasteiger partial charge in [0.1, 0.15) is 18.4 Å². The van der Waals surface area contributed by atoms with Gasteiger partial charge in [-0.3, -0.25) is 9.78 Å². The van der Waals surface area contributed by atoms with Gasteiger partial charge in [0, 0.05) is 24.5 Å². The van der Waals surface area contributed by atoms with E-state index in [1.807, 2.05) is 50.1 Å². The molecule has 0 bridgehead atoms. The minimum absolute atomic E-state index is 0. The quantitative estimate of drug-likeness (QED) is 0.567. The lowest BCUT2D eigenvalue weighted by Gasteiger charge is -2.34. The molecule has 1 amide bonds. The van der Waals surface area contributed by atoms with E-state index in [0.717, 1.165) is 46.9 Å². The Balaban J connectivity index is 0.00000289. The Morgan fingerprint density at radius 2 is 1.84 bits per heavy atom. The van der Waals surface area contributed by atoms with E-state index in [9.17, 15) is 9.18 Å². The summed E-state index contributed by atoms with van der Waals surface area (Å²) in [6.45, 7) is 4.16. The van der Waals surface area contributed by atoms with Gasteiger partial charge in [0.15, 0.2) is 0 Å². The summed E-state index contributed by atoms with van der Waals surface area (Å²) < 4.78 is 18.6. The fourth-order valence-corrected chi connectivity index (χ4v) is 3.58. The number of fused-ring (bicyclic) bond motifs is 1. The number of benzene rings is 1. The van der Waals surface area contributed by atoms with Gasteiger partial charge in [-0.1, -0.05) is 19.6 Å². The first-order chi connectivity index (χ1) is 14.9. The van der Waals surface area contributed by atoms with Crippen molar-refractivity contribution in [2.45, 2.75) is 46.8 Å². The number of nitrogens with one attached hydrogen (secondary N) is 1. The molecule has 32 heavy (non-hydrogen) atoms. The van der Waals surface area contributed by atoms with Crippen molar-refractivity contribution in [3.05, 3.63) is 77.1 Å². The molecule has 0 fully saturated rings. The maximum atomic E-state index is 12.9. The second-order valence-electron chi connectivity index (χ2n) is 7.79. The summed E-state index contributed by atoms with van der Waals surface area (Å²) >= 11 is 0. The molecule has 6 nitrogen and oxygen atoms in total. The lowest BCUT2D eigenvalue weighted by molar-refractivity contribution is -0.117. The number of aromatic nitrogens is 2. The Bertz CT molecular complexity index is 1080. The highest BCUT2D eigenvalue weighted by Gasteiger charge is 2.28. The molecule has 0 spiro atoms. The largest absolute Gasteiger partial charge is 0.489 e. The summed E-state index contributed by atoms with van der Waals surface area (Å²) in [6.07, 6.45) is 3.12. The number of likely N-dealkylation sites (N-methyl/N-ethyl adjacent to an activating group) is 1. The topological polar surface area (TPSA) is 67.4 Å². The Hall–Kier alpha value is -3.48. The van der Waals surface area contributed by atoms with Crippen LogP contribution in [0.5, 0.6) is 5.75 Å². The number of anilines is 2. The molecule has 1 aliphatic rings. The van der Waals surface area contributed by atoms with E-state index in [1.54, 1.807) is 6.07 Å². The van der Waals surface area contributed by atoms with Crippen LogP contribution < -0.4 is 15.0 Å². The molecule has 0 saturated carbocycles. The fourth-order valence-electron chi connectivity index (χ4n) is 3.58. The molecule has 1 aliphatic heterocycles. The Morgan fingerprint density at radius 3 is 2.53 bits per heavy atom. The number of carbonyl (C=O) groups is 1. The van der Waals surface area contributed by atoms with E-state index < -0.39 is 5.95 Å². The Labute approximate surface area is 188 Å². The fraction of sp³-hybridized carbons (Fsp3) is 0.320. The second-order valence-corrected chi connectivity index (χ2v) is 7.79. The minimum Gasteiger partial charge on any atom is -0.489 e. The van der Waals surface area contributed by atoms with E-state index in [4.69, 9.17) is 4.74 Å². The number of carbonyl (C=O) groups excluding carboxylic acids is 1. The highest BCUT2D eigenvalue weighted by atomic mass is 19.1. The maximum absolute atomic E-state index is 12.9. The van der Waals surface area contributed by atoms with Gasteiger partial charge in [-0.25, -0.2) is 4.98 Å². The number of nitrogens with zero attached hydrogens (tertiary/aromatic N) is 3. The normalized spacial score (nSPS) is 14.9. The van der Waals surface area contributed by atoms with Crippen LogP contribution in [0.3, 0.4) is 0 Å². The summed E-state index contributed by atoms with van der Waals surface area (Å²) in [6, 6.07) is 12.8.